The van der Waals surface area contributed by atoms with Crippen LogP contribution in [0.5, 0.6) is 0 Å². The first kappa shape index (κ1) is 18.2. The van der Waals surface area contributed by atoms with Gasteiger partial charge in [-0.1, -0.05) is 0 Å². The third kappa shape index (κ3) is 2.71. The molecule has 0 saturated carbocycles. The molecule has 4 heterocycles. The Morgan fingerprint density at radius 3 is 2.78 bits per heavy atom. The number of rotatable bonds is 2. The minimum absolute atomic E-state index is 0.132. The van der Waals surface area contributed by atoms with E-state index < -0.39 is 24.2 Å². The van der Waals surface area contributed by atoms with Crippen LogP contribution in [0.15, 0.2) is 21.7 Å². The predicted octanol–water partition coefficient (Wildman–Crippen LogP) is 2.48. The van der Waals surface area contributed by atoms with Gasteiger partial charge >= 0.3 is 6.18 Å². The number of halogens is 4. The number of aromatic amines is 1. The number of nitrogens with zero attached hydrogens (tertiary/aromatic N) is 3. The van der Waals surface area contributed by atoms with Crippen molar-refractivity contribution < 1.29 is 22.7 Å². The maximum absolute atomic E-state index is 13.2. The fourth-order valence-electron chi connectivity index (χ4n) is 3.76. The molecule has 0 aliphatic carbocycles. The summed E-state index contributed by atoms with van der Waals surface area (Å²) in [6, 6.07) is 0. The maximum Gasteiger partial charge on any atom is 0.408 e. The molecule has 1 spiro atoms. The molecular formula is C16H14BrF3N4O3. The number of alkyl halides is 3. The summed E-state index contributed by atoms with van der Waals surface area (Å²) < 4.78 is 44.4. The standard InChI is InChI=1S/C16H14BrF3N4O3/c1-8-10-12(22-13(25)11(8)17)15(2-3-27-7-15)24(14(10)26)9-4-21-23(5-9)6-16(18,19)20/h4-5H,2-3,6-7H2,1H3,(H,22,25). The molecule has 11 heteroatoms. The molecule has 4 rings (SSSR count). The fourth-order valence-corrected chi connectivity index (χ4v) is 4.06. The average Bonchev–Trinajstić information content (AvgIpc) is 3.26. The fraction of sp³-hybridized carbons (Fsp3) is 0.438. The predicted molar refractivity (Wildman–Crippen MR) is 91.7 cm³/mol. The second-order valence-corrected chi connectivity index (χ2v) is 7.42. The molecule has 1 amide bonds. The van der Waals surface area contributed by atoms with Crippen molar-refractivity contribution in [1.29, 1.82) is 0 Å². The Kier molecular flexibility index (Phi) is 4.00. The molecule has 2 aromatic rings. The Labute approximate surface area is 159 Å². The molecular weight excluding hydrogens is 433 g/mol. The van der Waals surface area contributed by atoms with Crippen LogP contribution in [0.4, 0.5) is 18.9 Å². The first-order valence-electron chi connectivity index (χ1n) is 8.08. The normalized spacial score (nSPS) is 22.1. The van der Waals surface area contributed by atoms with Gasteiger partial charge in [0.25, 0.3) is 11.5 Å². The lowest BCUT2D eigenvalue weighted by Gasteiger charge is -2.32. The number of carbonyl (C=O) groups excluding carboxylic acids is 1. The zero-order valence-electron chi connectivity index (χ0n) is 14.1. The largest absolute Gasteiger partial charge is 0.408 e. The highest BCUT2D eigenvalue weighted by atomic mass is 79.9. The van der Waals surface area contributed by atoms with E-state index in [9.17, 15) is 22.8 Å². The van der Waals surface area contributed by atoms with Crippen LogP contribution in [0.2, 0.25) is 0 Å². The smallest absolute Gasteiger partial charge is 0.378 e. The maximum atomic E-state index is 13.2. The Hall–Kier alpha value is -2.14. The molecule has 7 nitrogen and oxygen atoms in total. The molecule has 1 fully saturated rings. The van der Waals surface area contributed by atoms with Crippen LogP contribution in [0.25, 0.3) is 0 Å². The summed E-state index contributed by atoms with van der Waals surface area (Å²) in [5, 5.41) is 3.74. The summed E-state index contributed by atoms with van der Waals surface area (Å²) in [6.07, 6.45) is -1.62. The van der Waals surface area contributed by atoms with Gasteiger partial charge in [-0.05, 0) is 28.4 Å². The lowest BCUT2D eigenvalue weighted by Crippen LogP contribution is -2.45. The Balaban J connectivity index is 1.86. The van der Waals surface area contributed by atoms with E-state index in [-0.39, 0.29) is 22.3 Å². The monoisotopic (exact) mass is 446 g/mol. The van der Waals surface area contributed by atoms with Crippen LogP contribution in [-0.2, 0) is 16.8 Å². The molecule has 1 N–H and O–H groups in total. The van der Waals surface area contributed by atoms with Crippen molar-refractivity contribution in [2.75, 3.05) is 18.1 Å². The van der Waals surface area contributed by atoms with E-state index in [4.69, 9.17) is 4.74 Å². The molecule has 2 aliphatic rings. The van der Waals surface area contributed by atoms with Crippen LogP contribution in [-0.4, -0.2) is 40.1 Å². The number of amides is 1. The van der Waals surface area contributed by atoms with Gasteiger partial charge in [0.2, 0.25) is 0 Å². The number of nitrogens with one attached hydrogen (secondary N) is 1. The van der Waals surface area contributed by atoms with E-state index in [0.29, 0.717) is 29.8 Å². The van der Waals surface area contributed by atoms with Gasteiger partial charge < -0.3 is 9.72 Å². The van der Waals surface area contributed by atoms with E-state index in [2.05, 4.69) is 26.0 Å². The highest BCUT2D eigenvalue weighted by Crippen LogP contribution is 2.47. The topological polar surface area (TPSA) is 80.2 Å². The van der Waals surface area contributed by atoms with E-state index >= 15 is 0 Å². The molecule has 1 atom stereocenters. The molecule has 0 radical (unpaired) electrons. The van der Waals surface area contributed by atoms with Gasteiger partial charge in [-0.2, -0.15) is 18.3 Å². The van der Waals surface area contributed by atoms with Crippen LogP contribution >= 0.6 is 15.9 Å². The third-order valence-electron chi connectivity index (χ3n) is 4.92. The number of hydrogen-bond acceptors (Lipinski definition) is 4. The van der Waals surface area contributed by atoms with Gasteiger partial charge in [0.15, 0.2) is 0 Å². The van der Waals surface area contributed by atoms with Crippen LogP contribution < -0.4 is 10.5 Å². The van der Waals surface area contributed by atoms with Crippen LogP contribution in [0.1, 0.15) is 28.0 Å². The number of anilines is 1. The Bertz CT molecular complexity index is 992. The van der Waals surface area contributed by atoms with E-state index in [1.165, 1.54) is 17.3 Å². The summed E-state index contributed by atoms with van der Waals surface area (Å²) in [6.45, 7) is 0.882. The number of pyridine rings is 1. The average molecular weight is 447 g/mol. The van der Waals surface area contributed by atoms with Crippen molar-refractivity contribution in [2.24, 2.45) is 0 Å². The summed E-state index contributed by atoms with van der Waals surface area (Å²) in [4.78, 5) is 29.6. The van der Waals surface area contributed by atoms with Crippen molar-refractivity contribution in [3.63, 3.8) is 0 Å². The summed E-state index contributed by atoms with van der Waals surface area (Å²) >= 11 is 3.18. The van der Waals surface area contributed by atoms with Crippen molar-refractivity contribution >= 4 is 27.5 Å². The first-order chi connectivity index (χ1) is 12.6. The molecule has 0 bridgehead atoms. The molecule has 27 heavy (non-hydrogen) atoms. The summed E-state index contributed by atoms with van der Waals surface area (Å²) in [7, 11) is 0. The molecule has 2 aromatic heterocycles. The molecule has 144 valence electrons. The van der Waals surface area contributed by atoms with Gasteiger partial charge in [0.05, 0.1) is 34.2 Å². The zero-order chi connectivity index (χ0) is 19.6. The summed E-state index contributed by atoms with van der Waals surface area (Å²) in [5.74, 6) is -0.406. The number of ether oxygens (including phenoxy) is 1. The van der Waals surface area contributed by atoms with Crippen LogP contribution in [0, 0.1) is 6.92 Å². The second-order valence-electron chi connectivity index (χ2n) is 6.63. The molecule has 1 unspecified atom stereocenters. The summed E-state index contributed by atoms with van der Waals surface area (Å²) in [5.41, 5.74) is 0.121. The minimum atomic E-state index is -4.43. The number of aromatic nitrogens is 3. The van der Waals surface area contributed by atoms with Gasteiger partial charge in [-0.15, -0.1) is 0 Å². The quantitative estimate of drug-likeness (QED) is 0.768. The highest BCUT2D eigenvalue weighted by Gasteiger charge is 2.55. The van der Waals surface area contributed by atoms with Crippen LogP contribution in [0.3, 0.4) is 0 Å². The minimum Gasteiger partial charge on any atom is -0.378 e. The number of H-pyrrole nitrogens is 1. The lowest BCUT2D eigenvalue weighted by atomic mass is 9.92. The third-order valence-corrected chi connectivity index (χ3v) is 5.88. The van der Waals surface area contributed by atoms with Crippen molar-refractivity contribution in [2.45, 2.75) is 31.6 Å². The first-order valence-corrected chi connectivity index (χ1v) is 8.88. The van der Waals surface area contributed by atoms with Crippen molar-refractivity contribution in [3.05, 3.63) is 44.0 Å². The molecule has 1 saturated heterocycles. The Morgan fingerprint density at radius 1 is 1.41 bits per heavy atom. The SMILES string of the molecule is Cc1c2c([nH]c(=O)c1Br)C1(CCOC1)N(c1cnn(CC(F)(F)F)c1)C2=O. The van der Waals surface area contributed by atoms with Gasteiger partial charge in [-0.25, -0.2) is 0 Å². The van der Waals surface area contributed by atoms with Crippen molar-refractivity contribution in [1.82, 2.24) is 14.8 Å². The van der Waals surface area contributed by atoms with E-state index in [1.807, 2.05) is 0 Å². The molecule has 0 aromatic carbocycles. The van der Waals surface area contributed by atoms with E-state index in [0.717, 1.165) is 4.68 Å². The lowest BCUT2D eigenvalue weighted by molar-refractivity contribution is -0.142. The van der Waals surface area contributed by atoms with E-state index in [1.54, 1.807) is 6.92 Å². The molecule has 2 aliphatic heterocycles. The zero-order valence-corrected chi connectivity index (χ0v) is 15.6. The number of hydrogen-bond donors (Lipinski definition) is 1. The van der Waals surface area contributed by atoms with Crippen molar-refractivity contribution in [3.8, 4) is 0 Å². The Morgan fingerprint density at radius 2 is 2.15 bits per heavy atom. The van der Waals surface area contributed by atoms with Gasteiger partial charge in [0, 0.05) is 19.2 Å². The second kappa shape index (κ2) is 5.93. The number of carbonyl (C=O) groups is 1. The highest BCUT2D eigenvalue weighted by molar-refractivity contribution is 9.10. The number of fused-ring (bicyclic) bond motifs is 2. The van der Waals surface area contributed by atoms with Gasteiger partial charge in [0.1, 0.15) is 12.1 Å². The van der Waals surface area contributed by atoms with Gasteiger partial charge in [-0.3, -0.25) is 19.2 Å².